The predicted molar refractivity (Wildman–Crippen MR) is 87.6 cm³/mol. The van der Waals surface area contributed by atoms with Gasteiger partial charge in [-0.15, -0.1) is 0 Å². The molecule has 0 amide bonds. The van der Waals surface area contributed by atoms with Gasteiger partial charge in [-0.25, -0.2) is 0 Å². The molecule has 0 aliphatic rings. The molecule has 0 unspecified atom stereocenters. The minimum Gasteiger partial charge on any atom is -0.491 e. The fraction of sp³-hybridized carbons (Fsp3) is 0.353. The second kappa shape index (κ2) is 7.53. The number of nitrogens with two attached hydrogens (primary N) is 1. The highest BCUT2D eigenvalue weighted by Gasteiger charge is 2.04. The lowest BCUT2D eigenvalue weighted by Gasteiger charge is -2.12. The Morgan fingerprint density at radius 3 is 2.86 bits per heavy atom. The van der Waals surface area contributed by atoms with Crippen LogP contribution in [0.25, 0.3) is 0 Å². The SMILES string of the molecule is CCCOc1cc(NCc2ncccc2CC)ccc1N. The van der Waals surface area contributed by atoms with Crippen LogP contribution in [-0.2, 0) is 13.0 Å². The van der Waals surface area contributed by atoms with Crippen LogP contribution in [0, 0.1) is 0 Å². The fourth-order valence-electron chi connectivity index (χ4n) is 2.12. The second-order valence-corrected chi connectivity index (χ2v) is 4.92. The summed E-state index contributed by atoms with van der Waals surface area (Å²) >= 11 is 0. The third kappa shape index (κ3) is 4.12. The van der Waals surface area contributed by atoms with Crippen LogP contribution in [0.1, 0.15) is 31.5 Å². The lowest BCUT2D eigenvalue weighted by molar-refractivity contribution is 0.319. The van der Waals surface area contributed by atoms with Crippen molar-refractivity contribution >= 4 is 11.4 Å². The quantitative estimate of drug-likeness (QED) is 0.763. The Balaban J connectivity index is 2.06. The van der Waals surface area contributed by atoms with E-state index in [1.807, 2.05) is 30.5 Å². The topological polar surface area (TPSA) is 60.2 Å². The first kappa shape index (κ1) is 15.2. The van der Waals surface area contributed by atoms with E-state index >= 15 is 0 Å². The van der Waals surface area contributed by atoms with E-state index in [9.17, 15) is 0 Å². The molecule has 0 aliphatic carbocycles. The van der Waals surface area contributed by atoms with E-state index in [1.165, 1.54) is 5.56 Å². The van der Waals surface area contributed by atoms with Gasteiger partial charge in [0.25, 0.3) is 0 Å². The van der Waals surface area contributed by atoms with Crippen molar-refractivity contribution in [1.82, 2.24) is 4.98 Å². The van der Waals surface area contributed by atoms with Gasteiger partial charge in [0.2, 0.25) is 0 Å². The molecule has 1 aromatic carbocycles. The van der Waals surface area contributed by atoms with Crippen LogP contribution in [0.5, 0.6) is 5.75 Å². The zero-order chi connectivity index (χ0) is 15.1. The van der Waals surface area contributed by atoms with Gasteiger partial charge in [0.05, 0.1) is 24.5 Å². The molecule has 3 N–H and O–H groups in total. The summed E-state index contributed by atoms with van der Waals surface area (Å²) in [7, 11) is 0. The van der Waals surface area contributed by atoms with Gasteiger partial charge in [-0.1, -0.05) is 19.9 Å². The van der Waals surface area contributed by atoms with Crippen LogP contribution in [0.15, 0.2) is 36.5 Å². The highest BCUT2D eigenvalue weighted by Crippen LogP contribution is 2.26. The van der Waals surface area contributed by atoms with Crippen LogP contribution in [-0.4, -0.2) is 11.6 Å². The molecule has 0 spiro atoms. The molecule has 0 fully saturated rings. The molecule has 1 heterocycles. The van der Waals surface area contributed by atoms with E-state index in [4.69, 9.17) is 10.5 Å². The van der Waals surface area contributed by atoms with Crippen LogP contribution >= 0.6 is 0 Å². The summed E-state index contributed by atoms with van der Waals surface area (Å²) in [6.07, 6.45) is 3.78. The van der Waals surface area contributed by atoms with Crippen molar-refractivity contribution in [2.24, 2.45) is 0 Å². The third-order valence-corrected chi connectivity index (χ3v) is 3.30. The Morgan fingerprint density at radius 1 is 1.24 bits per heavy atom. The average molecular weight is 285 g/mol. The number of nitrogen functional groups attached to an aromatic ring is 1. The number of aromatic nitrogens is 1. The predicted octanol–water partition coefficient (Wildman–Crippen LogP) is 3.63. The number of ether oxygens (including phenoxy) is 1. The number of rotatable bonds is 7. The fourth-order valence-corrected chi connectivity index (χ4v) is 2.12. The van der Waals surface area contributed by atoms with Crippen molar-refractivity contribution in [2.45, 2.75) is 33.2 Å². The van der Waals surface area contributed by atoms with Gasteiger partial charge in [-0.05, 0) is 36.6 Å². The smallest absolute Gasteiger partial charge is 0.144 e. The summed E-state index contributed by atoms with van der Waals surface area (Å²) in [5, 5.41) is 3.38. The van der Waals surface area contributed by atoms with Crippen molar-refractivity contribution in [2.75, 3.05) is 17.7 Å². The Bertz CT molecular complexity index is 584. The largest absolute Gasteiger partial charge is 0.491 e. The molecule has 1 aromatic heterocycles. The molecular weight excluding hydrogens is 262 g/mol. The van der Waals surface area contributed by atoms with Gasteiger partial charge >= 0.3 is 0 Å². The zero-order valence-corrected chi connectivity index (χ0v) is 12.7. The van der Waals surface area contributed by atoms with Crippen molar-refractivity contribution < 1.29 is 4.74 Å². The molecule has 112 valence electrons. The zero-order valence-electron chi connectivity index (χ0n) is 12.7. The second-order valence-electron chi connectivity index (χ2n) is 4.92. The molecule has 2 rings (SSSR count). The Morgan fingerprint density at radius 2 is 2.10 bits per heavy atom. The molecule has 0 radical (unpaired) electrons. The number of hydrogen-bond donors (Lipinski definition) is 2. The van der Waals surface area contributed by atoms with Crippen LogP contribution in [0.3, 0.4) is 0 Å². The van der Waals surface area contributed by atoms with E-state index in [1.54, 1.807) is 0 Å². The molecule has 0 aliphatic heterocycles. The number of hydrogen-bond acceptors (Lipinski definition) is 4. The number of benzene rings is 1. The summed E-state index contributed by atoms with van der Waals surface area (Å²) in [6.45, 7) is 5.58. The maximum atomic E-state index is 5.92. The number of pyridine rings is 1. The first-order chi connectivity index (χ1) is 10.2. The number of nitrogens with zero attached hydrogens (tertiary/aromatic N) is 1. The van der Waals surface area contributed by atoms with Crippen molar-refractivity contribution in [1.29, 1.82) is 0 Å². The first-order valence-corrected chi connectivity index (χ1v) is 7.43. The molecular formula is C17H23N3O. The van der Waals surface area contributed by atoms with Crippen molar-refractivity contribution in [3.05, 3.63) is 47.8 Å². The molecule has 0 atom stereocenters. The van der Waals surface area contributed by atoms with Gasteiger partial charge in [0, 0.05) is 18.0 Å². The average Bonchev–Trinajstić information content (AvgIpc) is 2.53. The molecule has 4 nitrogen and oxygen atoms in total. The summed E-state index contributed by atoms with van der Waals surface area (Å²) in [5.74, 6) is 0.735. The normalized spacial score (nSPS) is 10.4. The van der Waals surface area contributed by atoms with Crippen LogP contribution < -0.4 is 15.8 Å². The first-order valence-electron chi connectivity index (χ1n) is 7.43. The molecule has 0 saturated heterocycles. The molecule has 2 aromatic rings. The number of aryl methyl sites for hydroxylation is 1. The van der Waals surface area contributed by atoms with Gasteiger partial charge in [-0.2, -0.15) is 0 Å². The highest BCUT2D eigenvalue weighted by molar-refractivity contribution is 5.61. The standard InChI is InChI=1S/C17H23N3O/c1-3-10-21-17-11-14(7-8-15(17)18)20-12-16-13(4-2)6-5-9-19-16/h5-9,11,20H,3-4,10,12,18H2,1-2H3. The van der Waals surface area contributed by atoms with Gasteiger partial charge in [0.15, 0.2) is 0 Å². The Kier molecular flexibility index (Phi) is 5.43. The van der Waals surface area contributed by atoms with Gasteiger partial charge < -0.3 is 15.8 Å². The molecule has 4 heteroatoms. The maximum absolute atomic E-state index is 5.92. The Labute approximate surface area is 126 Å². The number of anilines is 2. The summed E-state index contributed by atoms with van der Waals surface area (Å²) in [4.78, 5) is 4.44. The van der Waals surface area contributed by atoms with E-state index in [-0.39, 0.29) is 0 Å². The van der Waals surface area contributed by atoms with E-state index in [0.717, 1.165) is 30.0 Å². The third-order valence-electron chi connectivity index (χ3n) is 3.30. The van der Waals surface area contributed by atoms with E-state index in [0.29, 0.717) is 18.8 Å². The van der Waals surface area contributed by atoms with Crippen LogP contribution in [0.2, 0.25) is 0 Å². The minimum atomic E-state index is 0.668. The molecule has 0 bridgehead atoms. The van der Waals surface area contributed by atoms with Gasteiger partial charge in [0.1, 0.15) is 5.75 Å². The van der Waals surface area contributed by atoms with E-state index in [2.05, 4.69) is 30.2 Å². The Hall–Kier alpha value is -2.23. The number of nitrogens with one attached hydrogen (secondary N) is 1. The maximum Gasteiger partial charge on any atom is 0.144 e. The lowest BCUT2D eigenvalue weighted by Crippen LogP contribution is -2.06. The lowest BCUT2D eigenvalue weighted by atomic mass is 10.1. The van der Waals surface area contributed by atoms with Crippen molar-refractivity contribution in [3.8, 4) is 5.75 Å². The molecule has 0 saturated carbocycles. The van der Waals surface area contributed by atoms with Crippen LogP contribution in [0.4, 0.5) is 11.4 Å². The summed E-state index contributed by atoms with van der Waals surface area (Å²) in [6, 6.07) is 9.86. The summed E-state index contributed by atoms with van der Waals surface area (Å²) in [5.41, 5.74) is 9.92. The van der Waals surface area contributed by atoms with Crippen molar-refractivity contribution in [3.63, 3.8) is 0 Å². The summed E-state index contributed by atoms with van der Waals surface area (Å²) < 4.78 is 5.64. The van der Waals surface area contributed by atoms with E-state index < -0.39 is 0 Å². The van der Waals surface area contributed by atoms with Gasteiger partial charge in [-0.3, -0.25) is 4.98 Å². The minimum absolute atomic E-state index is 0.668. The monoisotopic (exact) mass is 285 g/mol. The molecule has 21 heavy (non-hydrogen) atoms. The highest BCUT2D eigenvalue weighted by atomic mass is 16.5.